The van der Waals surface area contributed by atoms with E-state index in [1.54, 1.807) is 24.1 Å². The topological polar surface area (TPSA) is 73.4 Å². The summed E-state index contributed by atoms with van der Waals surface area (Å²) >= 11 is 0. The molecule has 1 aromatic carbocycles. The minimum atomic E-state index is -0.0348. The smallest absolute Gasteiger partial charge is 0.274 e. The fraction of sp³-hybridized carbons (Fsp3) is 0.412. The standard InChI is InChI=1S/C17H22N4O2/c1-23-15-7-5-13(6-8-15)21-11-9-16(19-21)17(22)20-10-3-2-4-14(20)12-18/h5-9,11,14H,2-4,10,12,18H2,1H3. The number of carbonyl (C=O) groups excluding carboxylic acids is 1. The molecule has 23 heavy (non-hydrogen) atoms. The first kappa shape index (κ1) is 15.6. The van der Waals surface area contributed by atoms with Gasteiger partial charge in [0.1, 0.15) is 5.75 Å². The van der Waals surface area contributed by atoms with Crippen molar-refractivity contribution in [1.82, 2.24) is 14.7 Å². The van der Waals surface area contributed by atoms with Gasteiger partial charge in [-0.15, -0.1) is 0 Å². The number of aromatic nitrogens is 2. The van der Waals surface area contributed by atoms with E-state index in [4.69, 9.17) is 10.5 Å². The quantitative estimate of drug-likeness (QED) is 0.934. The molecule has 1 atom stereocenters. The molecule has 1 aliphatic rings. The third-order valence-electron chi connectivity index (χ3n) is 4.31. The van der Waals surface area contributed by atoms with Gasteiger partial charge in [-0.1, -0.05) is 0 Å². The van der Waals surface area contributed by atoms with Gasteiger partial charge in [0.25, 0.3) is 5.91 Å². The van der Waals surface area contributed by atoms with Gasteiger partial charge in [-0.2, -0.15) is 5.10 Å². The van der Waals surface area contributed by atoms with Crippen molar-refractivity contribution >= 4 is 5.91 Å². The number of nitrogens with two attached hydrogens (primary N) is 1. The van der Waals surface area contributed by atoms with Crippen LogP contribution in [0.1, 0.15) is 29.8 Å². The highest BCUT2D eigenvalue weighted by Gasteiger charge is 2.27. The molecule has 0 spiro atoms. The van der Waals surface area contributed by atoms with Crippen LogP contribution in [0.3, 0.4) is 0 Å². The van der Waals surface area contributed by atoms with Crippen molar-refractivity contribution in [3.8, 4) is 11.4 Å². The van der Waals surface area contributed by atoms with Crippen LogP contribution in [0.15, 0.2) is 36.5 Å². The number of piperidine rings is 1. The lowest BCUT2D eigenvalue weighted by molar-refractivity contribution is 0.0617. The van der Waals surface area contributed by atoms with E-state index < -0.39 is 0 Å². The van der Waals surface area contributed by atoms with Crippen LogP contribution in [0.2, 0.25) is 0 Å². The van der Waals surface area contributed by atoms with Crippen molar-refractivity contribution in [2.45, 2.75) is 25.3 Å². The van der Waals surface area contributed by atoms with Gasteiger partial charge in [-0.25, -0.2) is 4.68 Å². The second kappa shape index (κ2) is 6.83. The molecule has 2 heterocycles. The monoisotopic (exact) mass is 314 g/mol. The van der Waals surface area contributed by atoms with Gasteiger partial charge >= 0.3 is 0 Å². The maximum absolute atomic E-state index is 12.7. The molecular formula is C17H22N4O2. The number of hydrogen-bond donors (Lipinski definition) is 1. The summed E-state index contributed by atoms with van der Waals surface area (Å²) in [4.78, 5) is 14.6. The highest BCUT2D eigenvalue weighted by Crippen LogP contribution is 2.19. The van der Waals surface area contributed by atoms with Gasteiger partial charge in [0, 0.05) is 25.3 Å². The zero-order valence-corrected chi connectivity index (χ0v) is 13.3. The summed E-state index contributed by atoms with van der Waals surface area (Å²) in [6, 6.07) is 9.44. The lowest BCUT2D eigenvalue weighted by Crippen LogP contribution is -2.47. The van der Waals surface area contributed by atoms with Gasteiger partial charge < -0.3 is 15.4 Å². The van der Waals surface area contributed by atoms with Crippen molar-refractivity contribution < 1.29 is 9.53 Å². The van der Waals surface area contributed by atoms with Gasteiger partial charge in [0.05, 0.1) is 12.8 Å². The molecule has 1 saturated heterocycles. The van der Waals surface area contributed by atoms with Gasteiger partial charge in [-0.3, -0.25) is 4.79 Å². The summed E-state index contributed by atoms with van der Waals surface area (Å²) in [5.41, 5.74) is 7.15. The Morgan fingerprint density at radius 3 is 2.78 bits per heavy atom. The minimum absolute atomic E-state index is 0.0348. The fourth-order valence-corrected chi connectivity index (χ4v) is 2.98. The Kier molecular flexibility index (Phi) is 4.62. The molecule has 0 saturated carbocycles. The van der Waals surface area contributed by atoms with E-state index in [0.29, 0.717) is 12.2 Å². The Morgan fingerprint density at radius 2 is 2.09 bits per heavy atom. The molecule has 122 valence electrons. The van der Waals surface area contributed by atoms with E-state index in [2.05, 4.69) is 5.10 Å². The number of likely N-dealkylation sites (tertiary alicyclic amines) is 1. The van der Waals surface area contributed by atoms with E-state index in [0.717, 1.165) is 37.2 Å². The third kappa shape index (κ3) is 3.22. The molecule has 6 heteroatoms. The minimum Gasteiger partial charge on any atom is -0.497 e. The highest BCUT2D eigenvalue weighted by molar-refractivity contribution is 5.92. The molecule has 2 N–H and O–H groups in total. The molecule has 6 nitrogen and oxygen atoms in total. The summed E-state index contributed by atoms with van der Waals surface area (Å²) in [5, 5.41) is 4.42. The van der Waals surface area contributed by atoms with Crippen molar-refractivity contribution in [2.24, 2.45) is 5.73 Å². The SMILES string of the molecule is COc1ccc(-n2ccc(C(=O)N3CCCCC3CN)n2)cc1. The van der Waals surface area contributed by atoms with Crippen molar-refractivity contribution in [3.63, 3.8) is 0 Å². The van der Waals surface area contributed by atoms with Crippen LogP contribution in [-0.4, -0.2) is 46.8 Å². The fourth-order valence-electron chi connectivity index (χ4n) is 2.98. The molecule has 0 aliphatic carbocycles. The van der Waals surface area contributed by atoms with Crippen LogP contribution in [-0.2, 0) is 0 Å². The van der Waals surface area contributed by atoms with Crippen molar-refractivity contribution in [3.05, 3.63) is 42.2 Å². The van der Waals surface area contributed by atoms with Crippen LogP contribution >= 0.6 is 0 Å². The number of methoxy groups -OCH3 is 1. The number of carbonyl (C=O) groups is 1. The molecule has 1 aliphatic heterocycles. The number of rotatable bonds is 4. The maximum atomic E-state index is 12.7. The molecule has 0 radical (unpaired) electrons. The second-order valence-electron chi connectivity index (χ2n) is 5.73. The first-order valence-corrected chi connectivity index (χ1v) is 7.94. The summed E-state index contributed by atoms with van der Waals surface area (Å²) in [5.74, 6) is 0.753. The number of hydrogen-bond acceptors (Lipinski definition) is 4. The second-order valence-corrected chi connectivity index (χ2v) is 5.73. The van der Waals surface area contributed by atoms with E-state index in [9.17, 15) is 4.79 Å². The van der Waals surface area contributed by atoms with E-state index >= 15 is 0 Å². The predicted octanol–water partition coefficient (Wildman–Crippen LogP) is 1.83. The number of amides is 1. The van der Waals surface area contributed by atoms with Crippen molar-refractivity contribution in [2.75, 3.05) is 20.2 Å². The molecule has 1 fully saturated rings. The van der Waals surface area contributed by atoms with Crippen LogP contribution in [0.5, 0.6) is 5.75 Å². The Balaban J connectivity index is 1.78. The highest BCUT2D eigenvalue weighted by atomic mass is 16.5. The average Bonchev–Trinajstić information content (AvgIpc) is 3.11. The lowest BCUT2D eigenvalue weighted by Gasteiger charge is -2.34. The van der Waals surface area contributed by atoms with Crippen LogP contribution in [0.4, 0.5) is 0 Å². The lowest BCUT2D eigenvalue weighted by atomic mass is 10.0. The Hall–Kier alpha value is -2.34. The van der Waals surface area contributed by atoms with E-state index in [-0.39, 0.29) is 11.9 Å². The van der Waals surface area contributed by atoms with E-state index in [1.165, 1.54) is 0 Å². The Labute approximate surface area is 135 Å². The zero-order valence-electron chi connectivity index (χ0n) is 13.3. The van der Waals surface area contributed by atoms with Gasteiger partial charge in [0.2, 0.25) is 0 Å². The zero-order chi connectivity index (χ0) is 16.2. The van der Waals surface area contributed by atoms with Crippen LogP contribution in [0, 0.1) is 0 Å². The molecule has 1 unspecified atom stereocenters. The van der Waals surface area contributed by atoms with Gasteiger partial charge in [0.15, 0.2) is 5.69 Å². The van der Waals surface area contributed by atoms with Gasteiger partial charge in [-0.05, 0) is 49.6 Å². The molecule has 2 aromatic rings. The maximum Gasteiger partial charge on any atom is 0.274 e. The van der Waals surface area contributed by atoms with Crippen LogP contribution < -0.4 is 10.5 Å². The number of ether oxygens (including phenoxy) is 1. The first-order valence-electron chi connectivity index (χ1n) is 7.94. The summed E-state index contributed by atoms with van der Waals surface area (Å²) < 4.78 is 6.85. The molecular weight excluding hydrogens is 292 g/mol. The normalized spacial score (nSPS) is 18.0. The molecule has 1 amide bonds. The molecule has 3 rings (SSSR count). The molecule has 0 bridgehead atoms. The predicted molar refractivity (Wildman–Crippen MR) is 87.8 cm³/mol. The Bertz CT molecular complexity index is 665. The average molecular weight is 314 g/mol. The van der Waals surface area contributed by atoms with Crippen molar-refractivity contribution in [1.29, 1.82) is 0 Å². The number of benzene rings is 1. The summed E-state index contributed by atoms with van der Waals surface area (Å²) in [7, 11) is 1.63. The van der Waals surface area contributed by atoms with Crippen LogP contribution in [0.25, 0.3) is 5.69 Å². The number of nitrogens with zero attached hydrogens (tertiary/aromatic N) is 3. The Morgan fingerprint density at radius 1 is 1.30 bits per heavy atom. The first-order chi connectivity index (χ1) is 11.2. The molecule has 1 aromatic heterocycles. The largest absolute Gasteiger partial charge is 0.497 e. The summed E-state index contributed by atoms with van der Waals surface area (Å²) in [6.07, 6.45) is 4.94. The van der Waals surface area contributed by atoms with E-state index in [1.807, 2.05) is 29.2 Å². The third-order valence-corrected chi connectivity index (χ3v) is 4.31. The summed E-state index contributed by atoms with van der Waals surface area (Å²) in [6.45, 7) is 1.26.